The molecule has 0 fully saturated rings. The lowest BCUT2D eigenvalue weighted by Crippen LogP contribution is -2.37. The molecular weight excluding hydrogens is 304 g/mol. The zero-order chi connectivity index (χ0) is 15.2. The summed E-state index contributed by atoms with van der Waals surface area (Å²) in [6.45, 7) is 2.66. The van der Waals surface area contributed by atoms with Crippen LogP contribution in [0.1, 0.15) is 6.92 Å². The highest BCUT2D eigenvalue weighted by atomic mass is 35.5. The van der Waals surface area contributed by atoms with Gasteiger partial charge in [0.05, 0.1) is 5.75 Å². The minimum Gasteiger partial charge on any atom is -0.354 e. The minimum absolute atomic E-state index is 0.0335. The van der Waals surface area contributed by atoms with E-state index in [0.717, 1.165) is 20.7 Å². The quantitative estimate of drug-likeness (QED) is 0.802. The Kier molecular flexibility index (Phi) is 5.91. The number of hydrogen-bond acceptors (Lipinski definition) is 3. The second kappa shape index (κ2) is 7.69. The molecule has 1 atom stereocenters. The lowest BCUT2D eigenvalue weighted by molar-refractivity contribution is -0.118. The molecule has 3 nitrogen and oxygen atoms in total. The Balaban J connectivity index is 2.02. The zero-order valence-electron chi connectivity index (χ0n) is 12.2. The number of nitrogens with one attached hydrogen (secondary N) is 2. The van der Waals surface area contributed by atoms with Gasteiger partial charge in [-0.25, -0.2) is 0 Å². The lowest BCUT2D eigenvalue weighted by Gasteiger charge is -2.12. The van der Waals surface area contributed by atoms with Gasteiger partial charge < -0.3 is 10.6 Å². The Hall–Kier alpha value is -1.23. The second-order valence-corrected chi connectivity index (χ2v) is 6.30. The van der Waals surface area contributed by atoms with E-state index in [1.54, 1.807) is 0 Å². The van der Waals surface area contributed by atoms with Crippen molar-refractivity contribution in [3.63, 3.8) is 0 Å². The van der Waals surface area contributed by atoms with Gasteiger partial charge in [-0.05, 0) is 31.5 Å². The molecule has 2 aromatic carbocycles. The Bertz CT molecular complexity index is 627. The molecule has 2 N–H and O–H groups in total. The first-order valence-corrected chi connectivity index (χ1v) is 8.22. The van der Waals surface area contributed by atoms with Gasteiger partial charge in [0.15, 0.2) is 0 Å². The molecule has 0 heterocycles. The molecule has 0 aliphatic carbocycles. The Morgan fingerprint density at radius 2 is 2.00 bits per heavy atom. The van der Waals surface area contributed by atoms with Gasteiger partial charge in [0.1, 0.15) is 0 Å². The molecule has 0 aliphatic heterocycles. The third-order valence-electron chi connectivity index (χ3n) is 3.27. The number of benzene rings is 2. The molecule has 2 aromatic rings. The summed E-state index contributed by atoms with van der Waals surface area (Å²) in [7, 11) is 1.88. The predicted octanol–water partition coefficient (Wildman–Crippen LogP) is 3.31. The molecule has 1 unspecified atom stereocenters. The normalized spacial score (nSPS) is 12.3. The van der Waals surface area contributed by atoms with E-state index in [1.165, 1.54) is 11.8 Å². The smallest absolute Gasteiger partial charge is 0.230 e. The van der Waals surface area contributed by atoms with Crippen LogP contribution in [0.4, 0.5) is 0 Å². The Morgan fingerprint density at radius 1 is 1.29 bits per heavy atom. The molecule has 5 heteroatoms. The van der Waals surface area contributed by atoms with Gasteiger partial charge in [-0.15, -0.1) is 11.8 Å². The summed E-state index contributed by atoms with van der Waals surface area (Å²) in [6.07, 6.45) is 0. The molecule has 0 radical (unpaired) electrons. The van der Waals surface area contributed by atoms with Gasteiger partial charge in [-0.3, -0.25) is 4.79 Å². The minimum atomic E-state index is 0.0335. The van der Waals surface area contributed by atoms with Crippen LogP contribution in [0, 0.1) is 0 Å². The van der Waals surface area contributed by atoms with Crippen LogP contribution < -0.4 is 10.6 Å². The number of fused-ring (bicyclic) bond motifs is 1. The summed E-state index contributed by atoms with van der Waals surface area (Å²) in [6, 6.07) is 12.1. The number of hydrogen-bond donors (Lipinski definition) is 2. The molecule has 2 rings (SSSR count). The first-order chi connectivity index (χ1) is 10.1. The van der Waals surface area contributed by atoms with Crippen LogP contribution in [0.25, 0.3) is 10.8 Å². The van der Waals surface area contributed by atoms with Crippen LogP contribution in [0.5, 0.6) is 0 Å². The van der Waals surface area contributed by atoms with E-state index in [9.17, 15) is 4.79 Å². The van der Waals surface area contributed by atoms with E-state index in [1.807, 2.05) is 50.4 Å². The van der Waals surface area contributed by atoms with Gasteiger partial charge in [0, 0.05) is 27.9 Å². The van der Waals surface area contributed by atoms with Crippen molar-refractivity contribution in [2.45, 2.75) is 17.9 Å². The van der Waals surface area contributed by atoms with Crippen molar-refractivity contribution in [1.82, 2.24) is 10.6 Å². The molecule has 0 aliphatic rings. The van der Waals surface area contributed by atoms with E-state index < -0.39 is 0 Å². The SMILES string of the molecule is CNC(C)CNC(=O)CSc1cccc2cccc(Cl)c12. The highest BCUT2D eigenvalue weighted by Crippen LogP contribution is 2.32. The van der Waals surface area contributed by atoms with E-state index in [0.29, 0.717) is 12.3 Å². The van der Waals surface area contributed by atoms with Crippen molar-refractivity contribution < 1.29 is 4.79 Å². The van der Waals surface area contributed by atoms with Crippen LogP contribution in [-0.2, 0) is 4.79 Å². The maximum atomic E-state index is 11.9. The van der Waals surface area contributed by atoms with E-state index >= 15 is 0 Å². The van der Waals surface area contributed by atoms with E-state index in [4.69, 9.17) is 11.6 Å². The van der Waals surface area contributed by atoms with Gasteiger partial charge in [0.25, 0.3) is 0 Å². The van der Waals surface area contributed by atoms with Gasteiger partial charge in [-0.1, -0.05) is 35.9 Å². The number of rotatable bonds is 6. The number of likely N-dealkylation sites (N-methyl/N-ethyl adjacent to an activating group) is 1. The molecule has 0 aromatic heterocycles. The largest absolute Gasteiger partial charge is 0.354 e. The zero-order valence-corrected chi connectivity index (χ0v) is 13.7. The average Bonchev–Trinajstić information content (AvgIpc) is 2.50. The van der Waals surface area contributed by atoms with Crippen molar-refractivity contribution in [3.05, 3.63) is 41.4 Å². The highest BCUT2D eigenvalue weighted by molar-refractivity contribution is 8.00. The maximum absolute atomic E-state index is 11.9. The fraction of sp³-hybridized carbons (Fsp3) is 0.312. The first kappa shape index (κ1) is 16.1. The van der Waals surface area contributed by atoms with Gasteiger partial charge in [-0.2, -0.15) is 0 Å². The van der Waals surface area contributed by atoms with Crippen molar-refractivity contribution in [2.24, 2.45) is 0 Å². The summed E-state index contributed by atoms with van der Waals surface area (Å²) in [5, 5.41) is 8.83. The molecule has 1 amide bonds. The third kappa shape index (κ3) is 4.37. The first-order valence-electron chi connectivity index (χ1n) is 6.86. The van der Waals surface area contributed by atoms with Crippen LogP contribution in [-0.4, -0.2) is 31.3 Å². The fourth-order valence-electron chi connectivity index (χ4n) is 1.95. The fourth-order valence-corrected chi connectivity index (χ4v) is 3.22. The Morgan fingerprint density at radius 3 is 2.71 bits per heavy atom. The molecule has 0 bridgehead atoms. The predicted molar refractivity (Wildman–Crippen MR) is 91.2 cm³/mol. The molecule has 0 saturated heterocycles. The van der Waals surface area contributed by atoms with Crippen molar-refractivity contribution >= 4 is 40.0 Å². The number of halogens is 1. The summed E-state index contributed by atoms with van der Waals surface area (Å²) >= 11 is 7.79. The molecule has 0 saturated carbocycles. The second-order valence-electron chi connectivity index (χ2n) is 4.88. The molecular formula is C16H19ClN2OS. The standard InChI is InChI=1S/C16H19ClN2OS/c1-11(18-2)9-19-15(20)10-21-14-8-4-6-12-5-3-7-13(17)16(12)14/h3-8,11,18H,9-10H2,1-2H3,(H,19,20). The van der Waals surface area contributed by atoms with Crippen LogP contribution >= 0.6 is 23.4 Å². The van der Waals surface area contributed by atoms with E-state index in [-0.39, 0.29) is 11.9 Å². The van der Waals surface area contributed by atoms with Gasteiger partial charge >= 0.3 is 0 Å². The van der Waals surface area contributed by atoms with Crippen LogP contribution in [0.15, 0.2) is 41.3 Å². The number of thioether (sulfide) groups is 1. The van der Waals surface area contributed by atoms with Crippen LogP contribution in [0.2, 0.25) is 5.02 Å². The molecule has 112 valence electrons. The van der Waals surface area contributed by atoms with Crippen LogP contribution in [0.3, 0.4) is 0 Å². The average molecular weight is 323 g/mol. The number of amides is 1. The van der Waals surface area contributed by atoms with E-state index in [2.05, 4.69) is 10.6 Å². The van der Waals surface area contributed by atoms with Crippen molar-refractivity contribution in [3.8, 4) is 0 Å². The highest BCUT2D eigenvalue weighted by Gasteiger charge is 2.08. The summed E-state index contributed by atoms with van der Waals surface area (Å²) in [5.41, 5.74) is 0. The molecule has 21 heavy (non-hydrogen) atoms. The number of carbonyl (C=O) groups excluding carboxylic acids is 1. The van der Waals surface area contributed by atoms with Crippen molar-refractivity contribution in [1.29, 1.82) is 0 Å². The summed E-state index contributed by atoms with van der Waals surface area (Å²) in [4.78, 5) is 12.9. The summed E-state index contributed by atoms with van der Waals surface area (Å²) < 4.78 is 0. The monoisotopic (exact) mass is 322 g/mol. The maximum Gasteiger partial charge on any atom is 0.230 e. The lowest BCUT2D eigenvalue weighted by atomic mass is 10.1. The number of carbonyl (C=O) groups is 1. The topological polar surface area (TPSA) is 41.1 Å². The van der Waals surface area contributed by atoms with Crippen molar-refractivity contribution in [2.75, 3.05) is 19.3 Å². The molecule has 0 spiro atoms. The Labute approximate surface area is 134 Å². The van der Waals surface area contributed by atoms with Gasteiger partial charge in [0.2, 0.25) is 5.91 Å². The third-order valence-corrected chi connectivity index (χ3v) is 4.65. The summed E-state index contributed by atoms with van der Waals surface area (Å²) in [5.74, 6) is 0.423.